The van der Waals surface area contributed by atoms with E-state index in [4.69, 9.17) is 21.3 Å². The van der Waals surface area contributed by atoms with E-state index in [1.807, 2.05) is 30.3 Å². The van der Waals surface area contributed by atoms with Crippen LogP contribution >= 0.6 is 22.9 Å². The second-order valence-electron chi connectivity index (χ2n) is 4.95. The molecule has 0 amide bonds. The van der Waals surface area contributed by atoms with Gasteiger partial charge in [-0.15, -0.1) is 11.3 Å². The molecular weight excluding hydrogens is 318 g/mol. The van der Waals surface area contributed by atoms with E-state index in [-0.39, 0.29) is 5.97 Å². The molecular formula is C17H10ClNO2S. The Kier molecular flexibility index (Phi) is 3.03. The van der Waals surface area contributed by atoms with E-state index in [0.717, 1.165) is 25.7 Å². The summed E-state index contributed by atoms with van der Waals surface area (Å²) in [5, 5.41) is 2.61. The summed E-state index contributed by atoms with van der Waals surface area (Å²) in [6.07, 6.45) is 0. The highest BCUT2D eigenvalue weighted by Crippen LogP contribution is 2.36. The Bertz CT molecular complexity index is 1050. The number of rotatable bonds is 1. The third-order valence-corrected chi connectivity index (χ3v) is 4.97. The number of carbonyl (C=O) groups excluding carboxylic acids is 1. The summed E-state index contributed by atoms with van der Waals surface area (Å²) < 4.78 is 7.05. The Hall–Kier alpha value is -2.17. The van der Waals surface area contributed by atoms with E-state index in [1.54, 1.807) is 17.4 Å². The predicted molar refractivity (Wildman–Crippen MR) is 91.0 cm³/mol. The molecule has 0 spiro atoms. The molecule has 0 fully saturated rings. The number of halogens is 1. The number of fused-ring (bicyclic) bond motifs is 4. The SMILES string of the molecule is COC(=O)c1cccc2cc3sc4ccc(Cl)cc4c3nc12. The number of hydrogen-bond acceptors (Lipinski definition) is 4. The van der Waals surface area contributed by atoms with E-state index in [9.17, 15) is 4.79 Å². The maximum atomic E-state index is 11.9. The lowest BCUT2D eigenvalue weighted by atomic mass is 10.1. The van der Waals surface area contributed by atoms with Crippen LogP contribution in [0.15, 0.2) is 42.5 Å². The quantitative estimate of drug-likeness (QED) is 0.460. The zero-order valence-electron chi connectivity index (χ0n) is 11.6. The Labute approximate surface area is 135 Å². The molecule has 2 heterocycles. The van der Waals surface area contributed by atoms with Gasteiger partial charge in [0.05, 0.1) is 28.4 Å². The standard InChI is InChI=1S/C17H10ClNO2S/c1-21-17(20)11-4-2-3-9-7-14-16(19-15(9)11)12-8-10(18)5-6-13(12)22-14/h2-8H,1H3. The first-order valence-electron chi connectivity index (χ1n) is 6.67. The zero-order chi connectivity index (χ0) is 15.3. The first-order valence-corrected chi connectivity index (χ1v) is 7.86. The van der Waals surface area contributed by atoms with Gasteiger partial charge in [0.1, 0.15) is 0 Å². The molecule has 2 aromatic heterocycles. The highest BCUT2D eigenvalue weighted by Gasteiger charge is 2.14. The maximum Gasteiger partial charge on any atom is 0.340 e. The summed E-state index contributed by atoms with van der Waals surface area (Å²) in [6, 6.07) is 13.4. The molecule has 4 rings (SSSR count). The van der Waals surface area contributed by atoms with Gasteiger partial charge in [0.15, 0.2) is 0 Å². The molecule has 0 aliphatic heterocycles. The molecule has 0 aliphatic carbocycles. The number of para-hydroxylation sites is 1. The molecule has 2 aromatic carbocycles. The third-order valence-electron chi connectivity index (χ3n) is 3.63. The fourth-order valence-corrected chi connectivity index (χ4v) is 3.87. The van der Waals surface area contributed by atoms with Crippen LogP contribution in [0.25, 0.3) is 31.2 Å². The molecule has 0 radical (unpaired) electrons. The predicted octanol–water partition coefficient (Wildman–Crippen LogP) is 5.04. The van der Waals surface area contributed by atoms with Crippen molar-refractivity contribution in [1.82, 2.24) is 4.98 Å². The summed E-state index contributed by atoms with van der Waals surface area (Å²) >= 11 is 7.77. The number of methoxy groups -OCH3 is 1. The molecule has 108 valence electrons. The van der Waals surface area contributed by atoms with Crippen molar-refractivity contribution in [3.63, 3.8) is 0 Å². The maximum absolute atomic E-state index is 11.9. The van der Waals surface area contributed by atoms with Crippen molar-refractivity contribution >= 4 is 60.1 Å². The molecule has 0 aliphatic rings. The molecule has 3 nitrogen and oxygen atoms in total. The number of thiophene rings is 1. The van der Waals surface area contributed by atoms with Crippen LogP contribution in [0.2, 0.25) is 5.02 Å². The van der Waals surface area contributed by atoms with Crippen LogP contribution in [0.4, 0.5) is 0 Å². The van der Waals surface area contributed by atoms with Crippen molar-refractivity contribution in [2.75, 3.05) is 7.11 Å². The van der Waals surface area contributed by atoms with Crippen molar-refractivity contribution in [2.24, 2.45) is 0 Å². The first-order chi connectivity index (χ1) is 10.7. The molecule has 0 bridgehead atoms. The number of carbonyl (C=O) groups is 1. The average molecular weight is 328 g/mol. The van der Waals surface area contributed by atoms with Gasteiger partial charge in [0.25, 0.3) is 0 Å². The highest BCUT2D eigenvalue weighted by molar-refractivity contribution is 7.25. The minimum Gasteiger partial charge on any atom is -0.465 e. The van der Waals surface area contributed by atoms with Gasteiger partial charge in [0.2, 0.25) is 0 Å². The van der Waals surface area contributed by atoms with Crippen LogP contribution in [0, 0.1) is 0 Å². The van der Waals surface area contributed by atoms with Crippen LogP contribution in [-0.2, 0) is 4.74 Å². The normalized spacial score (nSPS) is 11.4. The third kappa shape index (κ3) is 1.95. The van der Waals surface area contributed by atoms with E-state index >= 15 is 0 Å². The zero-order valence-corrected chi connectivity index (χ0v) is 13.2. The van der Waals surface area contributed by atoms with E-state index in [1.165, 1.54) is 7.11 Å². The smallest absolute Gasteiger partial charge is 0.340 e. The van der Waals surface area contributed by atoms with Crippen LogP contribution in [0.5, 0.6) is 0 Å². The van der Waals surface area contributed by atoms with Crippen molar-refractivity contribution in [3.8, 4) is 0 Å². The minimum atomic E-state index is -0.380. The minimum absolute atomic E-state index is 0.380. The number of ether oxygens (including phenoxy) is 1. The van der Waals surface area contributed by atoms with Gasteiger partial charge in [-0.1, -0.05) is 23.7 Å². The van der Waals surface area contributed by atoms with Gasteiger partial charge in [-0.25, -0.2) is 9.78 Å². The lowest BCUT2D eigenvalue weighted by Crippen LogP contribution is -2.02. The molecule has 0 N–H and O–H groups in total. The summed E-state index contributed by atoms with van der Waals surface area (Å²) in [7, 11) is 1.37. The fourth-order valence-electron chi connectivity index (χ4n) is 2.62. The summed E-state index contributed by atoms with van der Waals surface area (Å²) in [6.45, 7) is 0. The van der Waals surface area contributed by atoms with Crippen LogP contribution in [0.3, 0.4) is 0 Å². The molecule has 0 saturated heterocycles. The van der Waals surface area contributed by atoms with E-state index < -0.39 is 0 Å². The van der Waals surface area contributed by atoms with Gasteiger partial charge in [0, 0.05) is 20.5 Å². The Morgan fingerprint density at radius 1 is 1.14 bits per heavy atom. The monoisotopic (exact) mass is 327 g/mol. The number of hydrogen-bond donors (Lipinski definition) is 0. The topological polar surface area (TPSA) is 39.2 Å². The van der Waals surface area contributed by atoms with E-state index in [2.05, 4.69) is 6.07 Å². The van der Waals surface area contributed by atoms with Crippen molar-refractivity contribution in [2.45, 2.75) is 0 Å². The Morgan fingerprint density at radius 2 is 2.00 bits per heavy atom. The van der Waals surface area contributed by atoms with Crippen LogP contribution in [0.1, 0.15) is 10.4 Å². The van der Waals surface area contributed by atoms with Gasteiger partial charge >= 0.3 is 5.97 Å². The number of nitrogens with zero attached hydrogens (tertiary/aromatic N) is 1. The van der Waals surface area contributed by atoms with Gasteiger partial charge in [-0.3, -0.25) is 0 Å². The second-order valence-corrected chi connectivity index (χ2v) is 6.47. The van der Waals surface area contributed by atoms with Gasteiger partial charge < -0.3 is 4.74 Å². The average Bonchev–Trinajstić information content (AvgIpc) is 2.88. The van der Waals surface area contributed by atoms with Crippen LogP contribution < -0.4 is 0 Å². The molecule has 5 heteroatoms. The number of aromatic nitrogens is 1. The lowest BCUT2D eigenvalue weighted by molar-refractivity contribution is 0.0603. The Balaban J connectivity index is 2.15. The molecule has 4 aromatic rings. The van der Waals surface area contributed by atoms with Gasteiger partial charge in [-0.05, 0) is 30.3 Å². The van der Waals surface area contributed by atoms with Gasteiger partial charge in [-0.2, -0.15) is 0 Å². The molecule has 22 heavy (non-hydrogen) atoms. The summed E-state index contributed by atoms with van der Waals surface area (Å²) in [4.78, 5) is 16.7. The van der Waals surface area contributed by atoms with Crippen LogP contribution in [-0.4, -0.2) is 18.1 Å². The highest BCUT2D eigenvalue weighted by atomic mass is 35.5. The fraction of sp³-hybridized carbons (Fsp3) is 0.0588. The lowest BCUT2D eigenvalue weighted by Gasteiger charge is -2.04. The molecule has 0 saturated carbocycles. The molecule has 0 unspecified atom stereocenters. The van der Waals surface area contributed by atoms with Crippen molar-refractivity contribution < 1.29 is 9.53 Å². The number of pyridine rings is 1. The largest absolute Gasteiger partial charge is 0.465 e. The summed E-state index contributed by atoms with van der Waals surface area (Å²) in [5.41, 5.74) is 2.00. The van der Waals surface area contributed by atoms with E-state index in [0.29, 0.717) is 16.1 Å². The Morgan fingerprint density at radius 3 is 2.82 bits per heavy atom. The first kappa shape index (κ1) is 13.5. The van der Waals surface area contributed by atoms with Crippen molar-refractivity contribution in [1.29, 1.82) is 0 Å². The van der Waals surface area contributed by atoms with Crippen molar-refractivity contribution in [3.05, 3.63) is 53.1 Å². The number of esters is 1. The number of benzene rings is 2. The summed E-state index contributed by atoms with van der Waals surface area (Å²) in [5.74, 6) is -0.380. The molecule has 0 atom stereocenters. The second kappa shape index (κ2) is 4.93.